The maximum atomic E-state index is 9.02. The maximum absolute atomic E-state index is 9.02. The van der Waals surface area contributed by atoms with E-state index in [1.807, 2.05) is 18.2 Å². The molecular formula is C14H9BrClNO. The summed E-state index contributed by atoms with van der Waals surface area (Å²) in [5.41, 5.74) is 1.42. The average Bonchev–Trinajstić information content (AvgIpc) is 2.41. The highest BCUT2D eigenvalue weighted by Gasteiger charge is 2.10. The number of alkyl halides is 1. The van der Waals surface area contributed by atoms with Crippen LogP contribution in [-0.4, -0.2) is 0 Å². The Labute approximate surface area is 119 Å². The van der Waals surface area contributed by atoms with Gasteiger partial charge in [0.1, 0.15) is 17.6 Å². The molecule has 2 rings (SSSR count). The molecule has 0 spiro atoms. The number of ether oxygens (including phenoxy) is 1. The molecule has 0 fully saturated rings. The second-order valence-corrected chi connectivity index (χ2v) is 4.54. The average molecular weight is 323 g/mol. The molecule has 0 atom stereocenters. The van der Waals surface area contributed by atoms with Gasteiger partial charge < -0.3 is 4.74 Å². The minimum atomic E-state index is 0.484. The van der Waals surface area contributed by atoms with Gasteiger partial charge >= 0.3 is 0 Å². The van der Waals surface area contributed by atoms with Gasteiger partial charge in [-0.25, -0.2) is 0 Å². The maximum Gasteiger partial charge on any atom is 0.150 e. The molecule has 0 aromatic heterocycles. The number of rotatable bonds is 3. The third-order valence-corrected chi connectivity index (χ3v) is 3.31. The van der Waals surface area contributed by atoms with Crippen LogP contribution < -0.4 is 4.74 Å². The molecule has 0 aliphatic heterocycles. The van der Waals surface area contributed by atoms with Crippen molar-refractivity contribution in [1.29, 1.82) is 5.26 Å². The van der Waals surface area contributed by atoms with Crippen LogP contribution in [0.5, 0.6) is 11.5 Å². The van der Waals surface area contributed by atoms with Gasteiger partial charge in [-0.05, 0) is 18.2 Å². The van der Waals surface area contributed by atoms with Crippen molar-refractivity contribution in [3.63, 3.8) is 0 Å². The smallest absolute Gasteiger partial charge is 0.150 e. The Morgan fingerprint density at radius 3 is 2.67 bits per heavy atom. The van der Waals surface area contributed by atoms with E-state index in [9.17, 15) is 0 Å². The van der Waals surface area contributed by atoms with Crippen LogP contribution in [0.2, 0.25) is 5.02 Å². The zero-order valence-corrected chi connectivity index (χ0v) is 11.7. The minimum absolute atomic E-state index is 0.484. The fourth-order valence-corrected chi connectivity index (χ4v) is 2.21. The first kappa shape index (κ1) is 12.9. The van der Waals surface area contributed by atoms with Crippen molar-refractivity contribution in [2.75, 3.05) is 0 Å². The number of benzene rings is 2. The van der Waals surface area contributed by atoms with Crippen LogP contribution in [0.4, 0.5) is 0 Å². The lowest BCUT2D eigenvalue weighted by Crippen LogP contribution is -1.92. The Kier molecular flexibility index (Phi) is 4.24. The molecule has 2 aromatic carbocycles. The first-order valence-corrected chi connectivity index (χ1v) is 6.76. The van der Waals surface area contributed by atoms with Gasteiger partial charge in [-0.3, -0.25) is 0 Å². The Morgan fingerprint density at radius 2 is 1.94 bits per heavy atom. The van der Waals surface area contributed by atoms with Gasteiger partial charge in [0, 0.05) is 10.9 Å². The van der Waals surface area contributed by atoms with E-state index < -0.39 is 0 Å². The third-order valence-electron chi connectivity index (χ3n) is 2.41. The summed E-state index contributed by atoms with van der Waals surface area (Å²) in [4.78, 5) is 0. The van der Waals surface area contributed by atoms with Gasteiger partial charge in [0.05, 0.1) is 10.6 Å². The lowest BCUT2D eigenvalue weighted by Gasteiger charge is -2.12. The normalized spacial score (nSPS) is 9.83. The molecule has 0 saturated carbocycles. The van der Waals surface area contributed by atoms with Gasteiger partial charge in [-0.1, -0.05) is 51.8 Å². The van der Waals surface area contributed by atoms with E-state index in [2.05, 4.69) is 22.0 Å². The first-order valence-electron chi connectivity index (χ1n) is 5.26. The number of nitrogens with zero attached hydrogens (tertiary/aromatic N) is 1. The highest BCUT2D eigenvalue weighted by atomic mass is 79.9. The summed E-state index contributed by atoms with van der Waals surface area (Å²) in [5.74, 6) is 1.09. The molecule has 0 radical (unpaired) electrons. The van der Waals surface area contributed by atoms with Crippen LogP contribution in [-0.2, 0) is 5.33 Å². The molecule has 0 N–H and O–H groups in total. The lowest BCUT2D eigenvalue weighted by atomic mass is 10.2. The number of hydrogen-bond acceptors (Lipinski definition) is 2. The first-order chi connectivity index (χ1) is 8.76. The lowest BCUT2D eigenvalue weighted by molar-refractivity contribution is 0.477. The molecule has 0 bridgehead atoms. The molecule has 18 heavy (non-hydrogen) atoms. The van der Waals surface area contributed by atoms with E-state index in [1.54, 1.807) is 24.3 Å². The Balaban J connectivity index is 2.43. The summed E-state index contributed by atoms with van der Waals surface area (Å²) in [7, 11) is 0. The Hall–Kier alpha value is -1.50. The summed E-state index contributed by atoms with van der Waals surface area (Å²) in [6.45, 7) is 0. The highest BCUT2D eigenvalue weighted by Crippen LogP contribution is 2.35. The molecule has 0 saturated heterocycles. The van der Waals surface area contributed by atoms with Crippen LogP contribution in [0.15, 0.2) is 42.5 Å². The predicted molar refractivity (Wildman–Crippen MR) is 75.3 cm³/mol. The highest BCUT2D eigenvalue weighted by molar-refractivity contribution is 9.08. The fourth-order valence-electron chi connectivity index (χ4n) is 1.53. The molecular weight excluding hydrogens is 314 g/mol. The van der Waals surface area contributed by atoms with Gasteiger partial charge in [-0.2, -0.15) is 5.26 Å². The van der Waals surface area contributed by atoms with Crippen molar-refractivity contribution in [3.8, 4) is 17.6 Å². The molecule has 0 heterocycles. The minimum Gasteiger partial charge on any atom is -0.454 e. The fraction of sp³-hybridized carbons (Fsp3) is 0.0714. The van der Waals surface area contributed by atoms with Crippen molar-refractivity contribution >= 4 is 27.5 Å². The number of halogens is 2. The zero-order chi connectivity index (χ0) is 13.0. The van der Waals surface area contributed by atoms with Crippen LogP contribution >= 0.6 is 27.5 Å². The second kappa shape index (κ2) is 5.90. The van der Waals surface area contributed by atoms with Crippen LogP contribution in [0.25, 0.3) is 0 Å². The molecule has 2 nitrogen and oxygen atoms in total. The van der Waals surface area contributed by atoms with Gasteiger partial charge in [0.25, 0.3) is 0 Å². The quantitative estimate of drug-likeness (QED) is 0.753. The van der Waals surface area contributed by atoms with Crippen molar-refractivity contribution in [1.82, 2.24) is 0 Å². The van der Waals surface area contributed by atoms with Crippen molar-refractivity contribution < 1.29 is 4.74 Å². The van der Waals surface area contributed by atoms with E-state index in [4.69, 9.17) is 21.6 Å². The molecule has 4 heteroatoms. The van der Waals surface area contributed by atoms with Crippen molar-refractivity contribution in [3.05, 3.63) is 58.6 Å². The number of nitriles is 1. The standard InChI is InChI=1S/C14H9BrClNO/c15-8-10-5-3-6-12(16)14(10)18-13-7-2-1-4-11(13)9-17/h1-7H,8H2. The van der Waals surface area contributed by atoms with E-state index in [0.29, 0.717) is 27.4 Å². The van der Waals surface area contributed by atoms with Crippen LogP contribution in [0, 0.1) is 11.3 Å². The Bertz CT molecular complexity index is 607. The molecule has 0 aliphatic rings. The number of hydrogen-bond donors (Lipinski definition) is 0. The van der Waals surface area contributed by atoms with Crippen LogP contribution in [0.1, 0.15) is 11.1 Å². The van der Waals surface area contributed by atoms with Gasteiger partial charge in [0.15, 0.2) is 0 Å². The van der Waals surface area contributed by atoms with E-state index in [0.717, 1.165) is 5.56 Å². The second-order valence-electron chi connectivity index (χ2n) is 3.57. The zero-order valence-electron chi connectivity index (χ0n) is 9.36. The monoisotopic (exact) mass is 321 g/mol. The summed E-state index contributed by atoms with van der Waals surface area (Å²) >= 11 is 9.51. The molecule has 0 unspecified atom stereocenters. The molecule has 2 aromatic rings. The largest absolute Gasteiger partial charge is 0.454 e. The summed E-state index contributed by atoms with van der Waals surface area (Å²) in [6, 6.07) is 14.7. The van der Waals surface area contributed by atoms with Gasteiger partial charge in [0.2, 0.25) is 0 Å². The predicted octanol–water partition coefficient (Wildman–Crippen LogP) is 4.90. The van der Waals surface area contributed by atoms with E-state index in [-0.39, 0.29) is 0 Å². The Morgan fingerprint density at radius 1 is 1.17 bits per heavy atom. The molecule has 90 valence electrons. The summed E-state index contributed by atoms with van der Waals surface area (Å²) in [6.07, 6.45) is 0. The third kappa shape index (κ3) is 2.66. The topological polar surface area (TPSA) is 33.0 Å². The van der Waals surface area contributed by atoms with E-state index >= 15 is 0 Å². The van der Waals surface area contributed by atoms with Crippen molar-refractivity contribution in [2.45, 2.75) is 5.33 Å². The molecule has 0 aliphatic carbocycles. The van der Waals surface area contributed by atoms with Crippen molar-refractivity contribution in [2.24, 2.45) is 0 Å². The van der Waals surface area contributed by atoms with E-state index in [1.165, 1.54) is 0 Å². The van der Waals surface area contributed by atoms with Crippen LogP contribution in [0.3, 0.4) is 0 Å². The molecule has 0 amide bonds. The summed E-state index contributed by atoms with van der Waals surface area (Å²) < 4.78 is 5.77. The summed E-state index contributed by atoms with van der Waals surface area (Å²) in [5, 5.41) is 10.2. The van der Waals surface area contributed by atoms with Gasteiger partial charge in [-0.15, -0.1) is 0 Å². The SMILES string of the molecule is N#Cc1ccccc1Oc1c(Cl)cccc1CBr. The number of para-hydroxylation sites is 2.